The van der Waals surface area contributed by atoms with Gasteiger partial charge in [0.1, 0.15) is 5.69 Å². The predicted octanol–water partition coefficient (Wildman–Crippen LogP) is 1.75. The number of nitrogens with one attached hydrogen (secondary N) is 1. The van der Waals surface area contributed by atoms with Crippen LogP contribution in [0.25, 0.3) is 0 Å². The van der Waals surface area contributed by atoms with E-state index in [9.17, 15) is 4.79 Å². The van der Waals surface area contributed by atoms with Crippen molar-refractivity contribution in [3.8, 4) is 11.8 Å². The zero-order chi connectivity index (χ0) is 15.1. The van der Waals surface area contributed by atoms with Crippen LogP contribution in [0.1, 0.15) is 28.5 Å². The maximum Gasteiger partial charge on any atom is 0.268 e. The van der Waals surface area contributed by atoms with E-state index in [2.05, 4.69) is 17.2 Å². The summed E-state index contributed by atoms with van der Waals surface area (Å²) < 4.78 is 1.92. The van der Waals surface area contributed by atoms with Gasteiger partial charge in [-0.2, -0.15) is 0 Å². The first-order valence-corrected chi connectivity index (χ1v) is 6.95. The van der Waals surface area contributed by atoms with Gasteiger partial charge in [-0.05, 0) is 36.8 Å². The first kappa shape index (κ1) is 14.9. The molecular formula is C17H19N3O. The number of aryl methyl sites for hydroxylation is 1. The average Bonchev–Trinajstić information content (AvgIpc) is 3.00. The molecule has 0 unspecified atom stereocenters. The van der Waals surface area contributed by atoms with Gasteiger partial charge in [0.05, 0.1) is 6.54 Å². The molecule has 1 aromatic carbocycles. The maximum absolute atomic E-state index is 12.1. The Morgan fingerprint density at radius 1 is 1.29 bits per heavy atom. The monoisotopic (exact) mass is 281 g/mol. The number of rotatable bonds is 4. The van der Waals surface area contributed by atoms with Crippen LogP contribution in [0.4, 0.5) is 0 Å². The van der Waals surface area contributed by atoms with Crippen LogP contribution in [-0.4, -0.2) is 17.0 Å². The van der Waals surface area contributed by atoms with Crippen LogP contribution in [0.2, 0.25) is 0 Å². The summed E-state index contributed by atoms with van der Waals surface area (Å²) in [7, 11) is 0. The standard InChI is InChI=1S/C17H19N3O/c1-2-20-12-4-6-16(20)17(21)19-13-15-9-7-14(8-10-15)5-3-11-18/h4,6-10,12H,2,11,13,18H2,1H3,(H,19,21). The largest absolute Gasteiger partial charge is 0.347 e. The van der Waals surface area contributed by atoms with Crippen molar-refractivity contribution in [2.24, 2.45) is 5.73 Å². The third kappa shape index (κ3) is 3.98. The van der Waals surface area contributed by atoms with E-state index in [1.165, 1.54) is 0 Å². The Kier molecular flexibility index (Phi) is 5.19. The van der Waals surface area contributed by atoms with Gasteiger partial charge in [-0.15, -0.1) is 0 Å². The fraction of sp³-hybridized carbons (Fsp3) is 0.235. The summed E-state index contributed by atoms with van der Waals surface area (Å²) in [5.41, 5.74) is 7.98. The Hall–Kier alpha value is -2.51. The van der Waals surface area contributed by atoms with Gasteiger partial charge in [-0.1, -0.05) is 24.0 Å². The highest BCUT2D eigenvalue weighted by Gasteiger charge is 2.09. The molecule has 0 atom stereocenters. The lowest BCUT2D eigenvalue weighted by atomic mass is 10.1. The molecule has 0 saturated heterocycles. The zero-order valence-corrected chi connectivity index (χ0v) is 12.1. The highest BCUT2D eigenvalue weighted by molar-refractivity contribution is 5.92. The van der Waals surface area contributed by atoms with Crippen molar-refractivity contribution in [1.82, 2.24) is 9.88 Å². The van der Waals surface area contributed by atoms with E-state index in [4.69, 9.17) is 5.73 Å². The third-order valence-electron chi connectivity index (χ3n) is 3.14. The second kappa shape index (κ2) is 7.32. The molecule has 4 nitrogen and oxygen atoms in total. The molecule has 0 aliphatic rings. The number of hydrogen-bond donors (Lipinski definition) is 2. The molecule has 0 bridgehead atoms. The molecule has 2 rings (SSSR count). The Bertz CT molecular complexity index is 659. The van der Waals surface area contributed by atoms with Crippen LogP contribution in [-0.2, 0) is 13.1 Å². The number of carbonyl (C=O) groups excluding carboxylic acids is 1. The molecule has 3 N–H and O–H groups in total. The van der Waals surface area contributed by atoms with Crippen LogP contribution in [0.15, 0.2) is 42.6 Å². The SMILES string of the molecule is CCn1cccc1C(=O)NCc1ccc(C#CCN)cc1. The molecule has 4 heteroatoms. The number of nitrogens with two attached hydrogens (primary N) is 1. The highest BCUT2D eigenvalue weighted by atomic mass is 16.1. The van der Waals surface area contributed by atoms with Crippen LogP contribution in [0.5, 0.6) is 0 Å². The van der Waals surface area contributed by atoms with Gasteiger partial charge in [-0.25, -0.2) is 0 Å². The van der Waals surface area contributed by atoms with Crippen LogP contribution in [0.3, 0.4) is 0 Å². The van der Waals surface area contributed by atoms with E-state index in [1.54, 1.807) is 0 Å². The topological polar surface area (TPSA) is 60.0 Å². The van der Waals surface area contributed by atoms with Gasteiger partial charge in [-0.3, -0.25) is 4.79 Å². The number of nitrogens with zero attached hydrogens (tertiary/aromatic N) is 1. The Labute approximate surface area is 125 Å². The Morgan fingerprint density at radius 2 is 2.05 bits per heavy atom. The summed E-state index contributed by atoms with van der Waals surface area (Å²) in [5, 5.41) is 2.92. The molecule has 0 saturated carbocycles. The molecule has 1 heterocycles. The summed E-state index contributed by atoms with van der Waals surface area (Å²) >= 11 is 0. The number of benzene rings is 1. The summed E-state index contributed by atoms with van der Waals surface area (Å²) in [6.45, 7) is 3.65. The van der Waals surface area contributed by atoms with E-state index >= 15 is 0 Å². The Balaban J connectivity index is 1.95. The predicted molar refractivity (Wildman–Crippen MR) is 83.7 cm³/mol. The lowest BCUT2D eigenvalue weighted by Gasteiger charge is -2.08. The molecule has 0 spiro atoms. The highest BCUT2D eigenvalue weighted by Crippen LogP contribution is 2.05. The first-order chi connectivity index (χ1) is 10.2. The fourth-order valence-electron chi connectivity index (χ4n) is 2.03. The summed E-state index contributed by atoms with van der Waals surface area (Å²) in [4.78, 5) is 12.1. The van der Waals surface area contributed by atoms with Gasteiger partial charge in [0.15, 0.2) is 0 Å². The van der Waals surface area contributed by atoms with E-state index in [-0.39, 0.29) is 5.91 Å². The van der Waals surface area contributed by atoms with Crippen molar-refractivity contribution in [2.45, 2.75) is 20.0 Å². The molecule has 108 valence electrons. The fourth-order valence-corrected chi connectivity index (χ4v) is 2.03. The van der Waals surface area contributed by atoms with Crippen LogP contribution in [0, 0.1) is 11.8 Å². The maximum atomic E-state index is 12.1. The molecule has 1 aromatic heterocycles. The normalized spacial score (nSPS) is 9.81. The van der Waals surface area contributed by atoms with E-state index in [0.717, 1.165) is 17.7 Å². The minimum absolute atomic E-state index is 0.0613. The second-order valence-electron chi connectivity index (χ2n) is 4.56. The van der Waals surface area contributed by atoms with Gasteiger partial charge < -0.3 is 15.6 Å². The molecule has 0 fully saturated rings. The lowest BCUT2D eigenvalue weighted by Crippen LogP contribution is -2.25. The van der Waals surface area contributed by atoms with Crippen LogP contribution < -0.4 is 11.1 Å². The molecule has 0 aliphatic heterocycles. The van der Waals surface area contributed by atoms with E-state index in [1.807, 2.05) is 54.1 Å². The molecule has 2 aromatic rings. The lowest BCUT2D eigenvalue weighted by molar-refractivity contribution is 0.0942. The van der Waals surface area contributed by atoms with Gasteiger partial charge in [0.25, 0.3) is 5.91 Å². The minimum Gasteiger partial charge on any atom is -0.347 e. The summed E-state index contributed by atoms with van der Waals surface area (Å²) in [6, 6.07) is 11.5. The van der Waals surface area contributed by atoms with Gasteiger partial charge in [0.2, 0.25) is 0 Å². The quantitative estimate of drug-likeness (QED) is 0.839. The Morgan fingerprint density at radius 3 is 2.71 bits per heavy atom. The number of amides is 1. The summed E-state index contributed by atoms with van der Waals surface area (Å²) in [6.07, 6.45) is 1.90. The van der Waals surface area contributed by atoms with Gasteiger partial charge in [0, 0.05) is 24.8 Å². The molecule has 0 aliphatic carbocycles. The third-order valence-corrected chi connectivity index (χ3v) is 3.14. The average molecular weight is 281 g/mol. The number of hydrogen-bond acceptors (Lipinski definition) is 2. The number of aromatic nitrogens is 1. The minimum atomic E-state index is -0.0613. The van der Waals surface area contributed by atoms with Crippen molar-refractivity contribution < 1.29 is 4.79 Å². The molecule has 1 amide bonds. The van der Waals surface area contributed by atoms with Crippen molar-refractivity contribution >= 4 is 5.91 Å². The van der Waals surface area contributed by atoms with Crippen molar-refractivity contribution in [2.75, 3.05) is 6.54 Å². The second-order valence-corrected chi connectivity index (χ2v) is 4.56. The van der Waals surface area contributed by atoms with Crippen molar-refractivity contribution in [1.29, 1.82) is 0 Å². The summed E-state index contributed by atoms with van der Waals surface area (Å²) in [5.74, 6) is 5.72. The molecular weight excluding hydrogens is 262 g/mol. The smallest absolute Gasteiger partial charge is 0.268 e. The van der Waals surface area contributed by atoms with Gasteiger partial charge >= 0.3 is 0 Å². The molecule has 21 heavy (non-hydrogen) atoms. The zero-order valence-electron chi connectivity index (χ0n) is 12.1. The number of carbonyl (C=O) groups is 1. The first-order valence-electron chi connectivity index (χ1n) is 6.95. The molecule has 0 radical (unpaired) electrons. The van der Waals surface area contributed by atoms with E-state index < -0.39 is 0 Å². The van der Waals surface area contributed by atoms with E-state index in [0.29, 0.717) is 18.8 Å². The van der Waals surface area contributed by atoms with Crippen molar-refractivity contribution in [3.63, 3.8) is 0 Å². The van der Waals surface area contributed by atoms with Crippen molar-refractivity contribution in [3.05, 3.63) is 59.4 Å². The van der Waals surface area contributed by atoms with Crippen LogP contribution >= 0.6 is 0 Å².